The van der Waals surface area contributed by atoms with E-state index in [-0.39, 0.29) is 12.0 Å². The van der Waals surface area contributed by atoms with Crippen molar-refractivity contribution in [3.63, 3.8) is 0 Å². The lowest BCUT2D eigenvalue weighted by Gasteiger charge is -2.09. The molecule has 2 amide bonds. The summed E-state index contributed by atoms with van der Waals surface area (Å²) in [5.74, 6) is -0.198. The summed E-state index contributed by atoms with van der Waals surface area (Å²) >= 11 is 1.61. The Morgan fingerprint density at radius 2 is 1.70 bits per heavy atom. The SMILES string of the molecule is COC(=O)CCCc1ncc(-c2ccc(NC(=O)Nc3ccc(C)c(C)c3)cc2)s1. The van der Waals surface area contributed by atoms with Crippen LogP contribution in [-0.4, -0.2) is 24.1 Å². The molecule has 0 aliphatic heterocycles. The Bertz CT molecular complexity index is 1030. The Hall–Kier alpha value is -3.19. The van der Waals surface area contributed by atoms with Crippen molar-refractivity contribution in [2.75, 3.05) is 17.7 Å². The Labute approximate surface area is 180 Å². The van der Waals surface area contributed by atoms with Gasteiger partial charge in [-0.3, -0.25) is 4.79 Å². The minimum atomic E-state index is -0.281. The molecule has 0 saturated carbocycles. The smallest absolute Gasteiger partial charge is 0.323 e. The molecule has 0 aliphatic rings. The minimum absolute atomic E-state index is 0.198. The summed E-state index contributed by atoms with van der Waals surface area (Å²) in [6, 6.07) is 13.2. The van der Waals surface area contributed by atoms with Gasteiger partial charge in [0.25, 0.3) is 0 Å². The summed E-state index contributed by atoms with van der Waals surface area (Å²) in [4.78, 5) is 28.9. The Morgan fingerprint density at radius 1 is 1.00 bits per heavy atom. The van der Waals surface area contributed by atoms with Gasteiger partial charge in [0.1, 0.15) is 0 Å². The van der Waals surface area contributed by atoms with Crippen LogP contribution in [-0.2, 0) is 16.0 Å². The lowest BCUT2D eigenvalue weighted by molar-refractivity contribution is -0.140. The molecule has 1 aromatic heterocycles. The number of aromatic nitrogens is 1. The number of esters is 1. The number of benzene rings is 2. The van der Waals surface area contributed by atoms with Crippen molar-refractivity contribution in [2.45, 2.75) is 33.1 Å². The molecule has 0 bridgehead atoms. The zero-order valence-electron chi connectivity index (χ0n) is 17.3. The van der Waals surface area contributed by atoms with Gasteiger partial charge >= 0.3 is 12.0 Å². The highest BCUT2D eigenvalue weighted by molar-refractivity contribution is 7.15. The van der Waals surface area contributed by atoms with E-state index in [9.17, 15) is 9.59 Å². The summed E-state index contributed by atoms with van der Waals surface area (Å²) in [5.41, 5.74) is 4.82. The lowest BCUT2D eigenvalue weighted by Crippen LogP contribution is -2.19. The van der Waals surface area contributed by atoms with Gasteiger partial charge in [0.05, 0.1) is 17.0 Å². The van der Waals surface area contributed by atoms with Crippen molar-refractivity contribution in [1.82, 2.24) is 4.98 Å². The second-order valence-corrected chi connectivity index (χ2v) is 8.12. The summed E-state index contributed by atoms with van der Waals surface area (Å²) in [6.45, 7) is 4.05. The third kappa shape index (κ3) is 5.90. The fourth-order valence-electron chi connectivity index (χ4n) is 2.88. The molecular formula is C23H25N3O3S. The van der Waals surface area contributed by atoms with Gasteiger partial charge < -0.3 is 15.4 Å². The molecule has 6 nitrogen and oxygen atoms in total. The highest BCUT2D eigenvalue weighted by Crippen LogP contribution is 2.28. The molecule has 7 heteroatoms. The largest absolute Gasteiger partial charge is 0.469 e. The molecule has 0 radical (unpaired) electrons. The molecule has 2 aromatic carbocycles. The highest BCUT2D eigenvalue weighted by atomic mass is 32.1. The van der Waals surface area contributed by atoms with Gasteiger partial charge in [-0.1, -0.05) is 18.2 Å². The number of ether oxygens (including phenoxy) is 1. The molecule has 0 saturated heterocycles. The van der Waals surface area contributed by atoms with E-state index >= 15 is 0 Å². The number of hydrogen-bond donors (Lipinski definition) is 2. The quantitative estimate of drug-likeness (QED) is 0.487. The highest BCUT2D eigenvalue weighted by Gasteiger charge is 2.08. The van der Waals surface area contributed by atoms with Crippen molar-refractivity contribution in [3.8, 4) is 10.4 Å². The van der Waals surface area contributed by atoms with E-state index in [1.165, 1.54) is 12.7 Å². The Balaban J connectivity index is 1.55. The van der Waals surface area contributed by atoms with Crippen LogP contribution in [0, 0.1) is 13.8 Å². The predicted molar refractivity (Wildman–Crippen MR) is 121 cm³/mol. The standard InChI is InChI=1S/C23H25N3O3S/c1-15-7-10-19(13-16(15)2)26-23(28)25-18-11-8-17(9-12-18)20-14-24-21(30-20)5-4-6-22(27)29-3/h7-14H,4-6H2,1-3H3,(H2,25,26,28). The second kappa shape index (κ2) is 10.0. The Morgan fingerprint density at radius 3 is 2.40 bits per heavy atom. The first-order valence-corrected chi connectivity index (χ1v) is 10.5. The molecular weight excluding hydrogens is 398 g/mol. The number of nitrogens with zero attached hydrogens (tertiary/aromatic N) is 1. The number of methoxy groups -OCH3 is 1. The number of amides is 2. The molecule has 0 aliphatic carbocycles. The van der Waals surface area contributed by atoms with Crippen molar-refractivity contribution in [3.05, 3.63) is 64.8 Å². The van der Waals surface area contributed by atoms with Crippen LogP contribution in [0.3, 0.4) is 0 Å². The first kappa shape index (κ1) is 21.5. The average molecular weight is 424 g/mol. The third-order valence-corrected chi connectivity index (χ3v) is 5.85. The van der Waals surface area contributed by atoms with Gasteiger partial charge in [0.2, 0.25) is 0 Å². The first-order chi connectivity index (χ1) is 14.4. The van der Waals surface area contributed by atoms with Crippen molar-refractivity contribution in [2.24, 2.45) is 0 Å². The number of hydrogen-bond acceptors (Lipinski definition) is 5. The number of anilines is 2. The molecule has 2 N–H and O–H groups in total. The number of carbonyl (C=O) groups is 2. The van der Waals surface area contributed by atoms with Crippen LogP contribution in [0.2, 0.25) is 0 Å². The number of thiazole rings is 1. The molecule has 3 aromatic rings. The van der Waals surface area contributed by atoms with Gasteiger partial charge in [-0.2, -0.15) is 0 Å². The number of carbonyl (C=O) groups excluding carboxylic acids is 2. The van der Waals surface area contributed by atoms with Crippen LogP contribution in [0.1, 0.15) is 29.0 Å². The Kier molecular flexibility index (Phi) is 7.19. The molecule has 0 unspecified atom stereocenters. The van der Waals surface area contributed by atoms with Gasteiger partial charge in [0, 0.05) is 24.0 Å². The maximum atomic E-state index is 12.2. The lowest BCUT2D eigenvalue weighted by atomic mass is 10.1. The fourth-order valence-corrected chi connectivity index (χ4v) is 3.84. The van der Waals surface area contributed by atoms with Crippen LogP contribution < -0.4 is 10.6 Å². The van der Waals surface area contributed by atoms with Gasteiger partial charge in [0.15, 0.2) is 0 Å². The van der Waals surface area contributed by atoms with Gasteiger partial charge in [-0.05, 0) is 67.6 Å². The van der Waals surface area contributed by atoms with Crippen LogP contribution >= 0.6 is 11.3 Å². The molecule has 1 heterocycles. The molecule has 30 heavy (non-hydrogen) atoms. The van der Waals surface area contributed by atoms with E-state index in [1.54, 1.807) is 11.3 Å². The maximum Gasteiger partial charge on any atom is 0.323 e. The maximum absolute atomic E-state index is 12.2. The van der Waals surface area contributed by atoms with Crippen molar-refractivity contribution in [1.29, 1.82) is 0 Å². The van der Waals surface area contributed by atoms with Crippen LogP contribution in [0.25, 0.3) is 10.4 Å². The number of rotatable bonds is 7. The van der Waals surface area contributed by atoms with Crippen LogP contribution in [0.5, 0.6) is 0 Å². The summed E-state index contributed by atoms with van der Waals surface area (Å²) in [6.07, 6.45) is 3.71. The van der Waals surface area contributed by atoms with Gasteiger partial charge in [-0.25, -0.2) is 9.78 Å². The number of nitrogens with one attached hydrogen (secondary N) is 2. The van der Waals surface area contributed by atoms with E-state index in [1.807, 2.05) is 62.5 Å². The normalized spacial score (nSPS) is 10.5. The monoisotopic (exact) mass is 423 g/mol. The van der Waals surface area contributed by atoms with E-state index < -0.39 is 0 Å². The molecule has 0 spiro atoms. The van der Waals surface area contributed by atoms with Gasteiger partial charge in [-0.15, -0.1) is 11.3 Å². The number of aryl methyl sites for hydroxylation is 3. The average Bonchev–Trinajstić information content (AvgIpc) is 3.20. The molecule has 0 fully saturated rings. The second-order valence-electron chi connectivity index (χ2n) is 7.00. The predicted octanol–water partition coefficient (Wildman–Crippen LogP) is 5.57. The fraction of sp³-hybridized carbons (Fsp3) is 0.261. The minimum Gasteiger partial charge on any atom is -0.469 e. The van der Waals surface area contributed by atoms with Crippen LogP contribution in [0.15, 0.2) is 48.7 Å². The topological polar surface area (TPSA) is 80.3 Å². The van der Waals surface area contributed by atoms with E-state index in [0.29, 0.717) is 12.1 Å². The van der Waals surface area contributed by atoms with E-state index in [4.69, 9.17) is 0 Å². The molecule has 3 rings (SSSR count). The first-order valence-electron chi connectivity index (χ1n) is 9.72. The summed E-state index contributed by atoms with van der Waals surface area (Å²) < 4.78 is 4.65. The molecule has 156 valence electrons. The molecule has 0 atom stereocenters. The van der Waals surface area contributed by atoms with Crippen molar-refractivity contribution < 1.29 is 14.3 Å². The van der Waals surface area contributed by atoms with Crippen LogP contribution in [0.4, 0.5) is 16.2 Å². The van der Waals surface area contributed by atoms with E-state index in [2.05, 4.69) is 20.4 Å². The zero-order valence-corrected chi connectivity index (χ0v) is 18.1. The zero-order chi connectivity index (χ0) is 21.5. The number of urea groups is 1. The van der Waals surface area contributed by atoms with E-state index in [0.717, 1.165) is 39.5 Å². The summed E-state index contributed by atoms with van der Waals surface area (Å²) in [5, 5.41) is 6.68. The summed E-state index contributed by atoms with van der Waals surface area (Å²) in [7, 11) is 1.40. The third-order valence-electron chi connectivity index (χ3n) is 4.74. The van der Waals surface area contributed by atoms with Crippen molar-refractivity contribution >= 4 is 34.7 Å².